The van der Waals surface area contributed by atoms with Crippen molar-refractivity contribution in [1.29, 1.82) is 0 Å². The Labute approximate surface area is 173 Å². The molecule has 0 fully saturated rings. The molecule has 0 bridgehead atoms. The van der Waals surface area contributed by atoms with E-state index in [-0.39, 0.29) is 23.7 Å². The van der Waals surface area contributed by atoms with Crippen LogP contribution in [-0.2, 0) is 10.2 Å². The predicted molar refractivity (Wildman–Crippen MR) is 113 cm³/mol. The molecule has 0 radical (unpaired) electrons. The van der Waals surface area contributed by atoms with E-state index in [1.165, 1.54) is 17.8 Å². The number of hydrogen-bond donors (Lipinski definition) is 2. The zero-order chi connectivity index (χ0) is 20.7. The van der Waals surface area contributed by atoms with Gasteiger partial charge in [-0.1, -0.05) is 26.8 Å². The Balaban J connectivity index is 1.89. The molecule has 0 heterocycles. The largest absolute Gasteiger partial charge is 0.504 e. The quantitative estimate of drug-likeness (QED) is 0.486. The fraction of sp³-hybridized carbons (Fsp3) is 0.333. The summed E-state index contributed by atoms with van der Waals surface area (Å²) in [4.78, 5) is 11.9. The lowest BCUT2D eigenvalue weighted by Gasteiger charge is -2.20. The molecule has 0 spiro atoms. The zero-order valence-electron chi connectivity index (χ0n) is 16.5. The molecule has 0 unspecified atom stereocenters. The smallest absolute Gasteiger partial charge is 0.277 e. The van der Waals surface area contributed by atoms with Gasteiger partial charge < -0.3 is 14.6 Å². The second-order valence-electron chi connectivity index (χ2n) is 7.14. The van der Waals surface area contributed by atoms with E-state index >= 15 is 0 Å². The fourth-order valence-corrected chi connectivity index (χ4v) is 2.81. The summed E-state index contributed by atoms with van der Waals surface area (Å²) in [6, 6.07) is 10.6. The normalized spacial score (nSPS) is 11.5. The van der Waals surface area contributed by atoms with Crippen LogP contribution in [0.5, 0.6) is 17.2 Å². The Bertz CT molecular complexity index is 860. The van der Waals surface area contributed by atoms with Crippen LogP contribution >= 0.6 is 15.9 Å². The molecule has 0 saturated heterocycles. The van der Waals surface area contributed by atoms with Gasteiger partial charge in [0.25, 0.3) is 5.91 Å². The predicted octanol–water partition coefficient (Wildman–Crippen LogP) is 4.38. The van der Waals surface area contributed by atoms with E-state index in [0.29, 0.717) is 23.7 Å². The summed E-state index contributed by atoms with van der Waals surface area (Å²) < 4.78 is 11.7. The number of ether oxygens (including phenoxy) is 2. The highest BCUT2D eigenvalue weighted by molar-refractivity contribution is 9.10. The highest BCUT2D eigenvalue weighted by atomic mass is 79.9. The topological polar surface area (TPSA) is 80.2 Å². The molecule has 0 aliphatic heterocycles. The number of carbonyl (C=O) groups is 1. The van der Waals surface area contributed by atoms with Gasteiger partial charge >= 0.3 is 0 Å². The lowest BCUT2D eigenvalue weighted by atomic mass is 9.87. The SMILES string of the molecule is CCOc1cc(C=NNC(=O)COc2ccc(C(C)(C)C)cc2Br)ccc1O. The molecule has 0 aliphatic carbocycles. The molecular formula is C21H25BrN2O4. The summed E-state index contributed by atoms with van der Waals surface area (Å²) in [5.41, 5.74) is 4.29. The van der Waals surface area contributed by atoms with Crippen molar-refractivity contribution in [2.45, 2.75) is 33.1 Å². The van der Waals surface area contributed by atoms with Gasteiger partial charge in [-0.15, -0.1) is 0 Å². The Morgan fingerprint density at radius 1 is 1.18 bits per heavy atom. The third kappa shape index (κ3) is 6.27. The van der Waals surface area contributed by atoms with Crippen molar-refractivity contribution >= 4 is 28.1 Å². The highest BCUT2D eigenvalue weighted by Crippen LogP contribution is 2.31. The number of nitrogens with one attached hydrogen (secondary N) is 1. The Kier molecular flexibility index (Phi) is 7.45. The first-order valence-corrected chi connectivity index (χ1v) is 9.70. The molecule has 2 rings (SSSR count). The van der Waals surface area contributed by atoms with Crippen molar-refractivity contribution in [2.75, 3.05) is 13.2 Å². The summed E-state index contributed by atoms with van der Waals surface area (Å²) in [5, 5.41) is 13.6. The van der Waals surface area contributed by atoms with Crippen molar-refractivity contribution < 1.29 is 19.4 Å². The maximum atomic E-state index is 11.9. The number of hydrazone groups is 1. The third-order valence-electron chi connectivity index (χ3n) is 3.84. The molecule has 2 aromatic rings. The number of carbonyl (C=O) groups excluding carboxylic acids is 1. The van der Waals surface area contributed by atoms with Crippen LogP contribution in [0.3, 0.4) is 0 Å². The van der Waals surface area contributed by atoms with Gasteiger partial charge in [-0.3, -0.25) is 4.79 Å². The molecule has 6 nitrogen and oxygen atoms in total. The van der Waals surface area contributed by atoms with Crippen LogP contribution in [0.15, 0.2) is 46.0 Å². The number of benzene rings is 2. The maximum absolute atomic E-state index is 11.9. The van der Waals surface area contributed by atoms with Gasteiger partial charge in [0.15, 0.2) is 18.1 Å². The molecule has 28 heavy (non-hydrogen) atoms. The number of halogens is 1. The van der Waals surface area contributed by atoms with Crippen molar-refractivity contribution in [1.82, 2.24) is 5.43 Å². The van der Waals surface area contributed by atoms with Crippen molar-refractivity contribution in [3.8, 4) is 17.2 Å². The summed E-state index contributed by atoms with van der Waals surface area (Å²) >= 11 is 3.48. The zero-order valence-corrected chi connectivity index (χ0v) is 18.0. The van der Waals surface area contributed by atoms with Gasteiger partial charge in [0.2, 0.25) is 0 Å². The first-order chi connectivity index (χ1) is 13.2. The Hall–Kier alpha value is -2.54. The minimum atomic E-state index is -0.383. The van der Waals surface area contributed by atoms with Crippen molar-refractivity contribution in [3.63, 3.8) is 0 Å². The van der Waals surface area contributed by atoms with Gasteiger partial charge in [0.05, 0.1) is 17.3 Å². The van der Waals surface area contributed by atoms with E-state index in [2.05, 4.69) is 47.2 Å². The summed E-state index contributed by atoms with van der Waals surface area (Å²) in [6.45, 7) is 8.50. The summed E-state index contributed by atoms with van der Waals surface area (Å²) in [5.74, 6) is 0.628. The average molecular weight is 449 g/mol. The molecule has 0 aromatic heterocycles. The fourth-order valence-electron chi connectivity index (χ4n) is 2.32. The van der Waals surface area contributed by atoms with Gasteiger partial charge in [0, 0.05) is 0 Å². The average Bonchev–Trinajstić information content (AvgIpc) is 2.62. The molecule has 0 aliphatic rings. The van der Waals surface area contributed by atoms with Crippen LogP contribution < -0.4 is 14.9 Å². The van der Waals surface area contributed by atoms with Gasteiger partial charge in [-0.25, -0.2) is 5.43 Å². The molecule has 2 aromatic carbocycles. The van der Waals surface area contributed by atoms with E-state index in [0.717, 1.165) is 4.47 Å². The number of amides is 1. The van der Waals surface area contributed by atoms with Gasteiger partial charge in [-0.2, -0.15) is 5.10 Å². The van der Waals surface area contributed by atoms with Crippen LogP contribution in [0.1, 0.15) is 38.8 Å². The van der Waals surface area contributed by atoms with E-state index in [9.17, 15) is 9.90 Å². The first kappa shape index (κ1) is 21.8. The number of phenols is 1. The minimum absolute atomic E-state index is 0.0312. The molecule has 7 heteroatoms. The highest BCUT2D eigenvalue weighted by Gasteiger charge is 2.15. The molecule has 0 atom stereocenters. The molecule has 0 saturated carbocycles. The summed E-state index contributed by atoms with van der Waals surface area (Å²) in [7, 11) is 0. The molecule has 150 valence electrons. The van der Waals surface area contributed by atoms with Gasteiger partial charge in [0.1, 0.15) is 5.75 Å². The lowest BCUT2D eigenvalue weighted by Crippen LogP contribution is -2.24. The first-order valence-electron chi connectivity index (χ1n) is 8.91. The monoisotopic (exact) mass is 448 g/mol. The van der Waals surface area contributed by atoms with E-state index in [1.807, 2.05) is 25.1 Å². The van der Waals surface area contributed by atoms with Crippen LogP contribution in [0.4, 0.5) is 0 Å². The van der Waals surface area contributed by atoms with E-state index in [4.69, 9.17) is 9.47 Å². The van der Waals surface area contributed by atoms with Gasteiger partial charge in [-0.05, 0) is 69.7 Å². The van der Waals surface area contributed by atoms with E-state index in [1.54, 1.807) is 12.1 Å². The van der Waals surface area contributed by atoms with Crippen LogP contribution in [0, 0.1) is 0 Å². The van der Waals surface area contributed by atoms with E-state index < -0.39 is 0 Å². The summed E-state index contributed by atoms with van der Waals surface area (Å²) in [6.07, 6.45) is 1.47. The second kappa shape index (κ2) is 9.59. The number of phenolic OH excluding ortho intramolecular Hbond substituents is 1. The minimum Gasteiger partial charge on any atom is -0.504 e. The lowest BCUT2D eigenvalue weighted by molar-refractivity contribution is -0.123. The maximum Gasteiger partial charge on any atom is 0.277 e. The Morgan fingerprint density at radius 3 is 2.57 bits per heavy atom. The van der Waals surface area contributed by atoms with Crippen molar-refractivity contribution in [3.05, 3.63) is 52.0 Å². The molecular weight excluding hydrogens is 424 g/mol. The standard InChI is InChI=1S/C21H25BrN2O4/c1-5-27-19-10-14(6-8-17(19)25)12-23-24-20(26)13-28-18-9-7-15(11-16(18)22)21(2,3)4/h6-12,25H,5,13H2,1-4H3,(H,24,26). The van der Waals surface area contributed by atoms with Crippen LogP contribution in [0.2, 0.25) is 0 Å². The van der Waals surface area contributed by atoms with Crippen molar-refractivity contribution in [2.24, 2.45) is 5.10 Å². The number of aromatic hydroxyl groups is 1. The van der Waals surface area contributed by atoms with Crippen LogP contribution in [0.25, 0.3) is 0 Å². The van der Waals surface area contributed by atoms with Crippen LogP contribution in [-0.4, -0.2) is 30.4 Å². The third-order valence-corrected chi connectivity index (χ3v) is 4.46. The number of rotatable bonds is 7. The molecule has 1 amide bonds. The number of hydrogen-bond acceptors (Lipinski definition) is 5. The molecule has 2 N–H and O–H groups in total. The number of nitrogens with zero attached hydrogens (tertiary/aromatic N) is 1. The Morgan fingerprint density at radius 2 is 1.93 bits per heavy atom. The second-order valence-corrected chi connectivity index (χ2v) is 7.99.